The molecular formula is C38H40N+. The van der Waals surface area contributed by atoms with E-state index in [9.17, 15) is 0 Å². The van der Waals surface area contributed by atoms with E-state index in [0.717, 1.165) is 28.3 Å². The highest BCUT2D eigenvalue weighted by Crippen LogP contribution is 2.36. The molecule has 0 N–H and O–H groups in total. The fourth-order valence-corrected chi connectivity index (χ4v) is 6.39. The maximum Gasteiger partial charge on any atom is 0.213 e. The van der Waals surface area contributed by atoms with E-state index < -0.39 is 5.89 Å². The average molecular weight is 512 g/mol. The molecule has 0 spiro atoms. The van der Waals surface area contributed by atoms with Gasteiger partial charge in [0, 0.05) is 18.6 Å². The third kappa shape index (κ3) is 5.15. The third-order valence-electron chi connectivity index (χ3n) is 8.71. The molecule has 39 heavy (non-hydrogen) atoms. The largest absolute Gasteiger partial charge is 0.213 e. The van der Waals surface area contributed by atoms with Gasteiger partial charge in [0.05, 0.1) is 0 Å². The van der Waals surface area contributed by atoms with Crippen LogP contribution in [0, 0.1) is 6.92 Å². The third-order valence-corrected chi connectivity index (χ3v) is 8.71. The predicted octanol–water partition coefficient (Wildman–Crippen LogP) is 10.1. The zero-order valence-corrected chi connectivity index (χ0v) is 23.8. The summed E-state index contributed by atoms with van der Waals surface area (Å²) < 4.78 is 11.1. The number of hydrogen-bond acceptors (Lipinski definition) is 0. The highest BCUT2D eigenvalue weighted by molar-refractivity contribution is 5.91. The van der Waals surface area contributed by atoms with Gasteiger partial charge in [0.25, 0.3) is 0 Å². The van der Waals surface area contributed by atoms with Crippen molar-refractivity contribution >= 4 is 10.8 Å². The Bertz CT molecular complexity index is 1670. The Morgan fingerprint density at radius 2 is 1.36 bits per heavy atom. The van der Waals surface area contributed by atoms with Crippen molar-refractivity contribution in [1.29, 1.82) is 0 Å². The van der Waals surface area contributed by atoms with Gasteiger partial charge in [0.2, 0.25) is 5.69 Å². The molecule has 1 saturated carbocycles. The van der Waals surface area contributed by atoms with Gasteiger partial charge in [0.15, 0.2) is 6.20 Å². The van der Waals surface area contributed by atoms with Crippen LogP contribution in [0.3, 0.4) is 0 Å². The number of aromatic nitrogens is 1. The molecule has 1 nitrogen and oxygen atoms in total. The molecule has 1 heterocycles. The summed E-state index contributed by atoms with van der Waals surface area (Å²) in [5, 5.41) is 2.46. The monoisotopic (exact) mass is 511 g/mol. The molecule has 0 amide bonds. The first kappa shape index (κ1) is 24.3. The second-order valence-electron chi connectivity index (χ2n) is 11.6. The Balaban J connectivity index is 1.38. The molecule has 0 bridgehead atoms. The Kier molecular flexibility index (Phi) is 6.75. The van der Waals surface area contributed by atoms with Crippen molar-refractivity contribution in [3.8, 4) is 33.5 Å². The van der Waals surface area contributed by atoms with E-state index in [-0.39, 0.29) is 0 Å². The van der Waals surface area contributed by atoms with Gasteiger partial charge < -0.3 is 0 Å². The SMILES string of the molecule is [2H]C(C)(C)c1c[n+](C)c(-c2ccccc2C)cc1-c1ccc2cc(-c3ccc(C4CCCCC4)cc3)ccc2c1. The number of pyridine rings is 1. The summed E-state index contributed by atoms with van der Waals surface area (Å²) in [5.41, 5.74) is 11.0. The van der Waals surface area contributed by atoms with E-state index in [1.54, 1.807) is 0 Å². The number of hydrogen-bond donors (Lipinski definition) is 0. The van der Waals surface area contributed by atoms with E-state index in [2.05, 4.69) is 116 Å². The summed E-state index contributed by atoms with van der Waals surface area (Å²) in [5.74, 6) is 0.0165. The van der Waals surface area contributed by atoms with Crippen LogP contribution in [0.25, 0.3) is 44.3 Å². The summed E-state index contributed by atoms with van der Waals surface area (Å²) in [6.07, 6.45) is 8.95. The van der Waals surface area contributed by atoms with Gasteiger partial charge in [-0.25, -0.2) is 4.57 Å². The molecule has 1 heteroatoms. The van der Waals surface area contributed by atoms with Crippen molar-refractivity contribution in [2.24, 2.45) is 7.05 Å². The first-order valence-corrected chi connectivity index (χ1v) is 14.5. The van der Waals surface area contributed by atoms with E-state index in [0.29, 0.717) is 0 Å². The zero-order chi connectivity index (χ0) is 27.9. The lowest BCUT2D eigenvalue weighted by Gasteiger charge is -2.22. The van der Waals surface area contributed by atoms with Gasteiger partial charge in [0.1, 0.15) is 7.05 Å². The molecular weight excluding hydrogens is 470 g/mol. The van der Waals surface area contributed by atoms with Crippen molar-refractivity contribution in [2.75, 3.05) is 0 Å². The predicted molar refractivity (Wildman–Crippen MR) is 166 cm³/mol. The maximum atomic E-state index is 8.93. The van der Waals surface area contributed by atoms with E-state index in [1.807, 2.05) is 13.8 Å². The van der Waals surface area contributed by atoms with Crippen LogP contribution in [0.2, 0.25) is 0 Å². The van der Waals surface area contributed by atoms with Crippen LogP contribution < -0.4 is 4.57 Å². The van der Waals surface area contributed by atoms with Gasteiger partial charge >= 0.3 is 0 Å². The fraction of sp³-hybridized carbons (Fsp3) is 0.289. The van der Waals surface area contributed by atoms with Gasteiger partial charge in [-0.1, -0.05) is 99.8 Å². The highest BCUT2D eigenvalue weighted by Gasteiger charge is 2.20. The van der Waals surface area contributed by atoms with Crippen molar-refractivity contribution in [3.05, 3.63) is 114 Å². The molecule has 0 aliphatic heterocycles. The second kappa shape index (κ2) is 10.8. The van der Waals surface area contributed by atoms with Crippen LogP contribution >= 0.6 is 0 Å². The van der Waals surface area contributed by atoms with Crippen LogP contribution in [0.1, 0.15) is 75.8 Å². The molecule has 1 aliphatic carbocycles. The molecule has 0 radical (unpaired) electrons. The smallest absolute Gasteiger partial charge is 0.201 e. The lowest BCUT2D eigenvalue weighted by molar-refractivity contribution is -0.660. The highest BCUT2D eigenvalue weighted by atomic mass is 14.9. The normalized spacial score (nSPS) is 14.9. The quantitative estimate of drug-likeness (QED) is 0.207. The van der Waals surface area contributed by atoms with Crippen LogP contribution in [0.4, 0.5) is 0 Å². The van der Waals surface area contributed by atoms with Gasteiger partial charge in [-0.05, 0) is 93.9 Å². The molecule has 196 valence electrons. The Morgan fingerprint density at radius 1 is 0.718 bits per heavy atom. The average Bonchev–Trinajstić information content (AvgIpc) is 2.97. The zero-order valence-electron chi connectivity index (χ0n) is 24.8. The number of rotatable bonds is 5. The first-order chi connectivity index (χ1) is 19.3. The standard InChI is InChI=1S/C38H40N/c1-26(2)37-25-39(4)38(35-13-9-8-10-27(35)3)24-36(37)34-21-20-32-22-31(18-19-33(32)23-34)30-16-14-29(15-17-30)28-11-6-5-7-12-28/h8-10,13-26,28H,5-7,11-12H2,1-4H3/q+1/i26D. The Labute approximate surface area is 235 Å². The maximum absolute atomic E-state index is 8.93. The molecule has 5 aromatic rings. The van der Waals surface area contributed by atoms with Gasteiger partial charge in [-0.3, -0.25) is 0 Å². The van der Waals surface area contributed by atoms with Crippen molar-refractivity contribution < 1.29 is 5.94 Å². The van der Waals surface area contributed by atoms with Gasteiger partial charge in [-0.15, -0.1) is 0 Å². The topological polar surface area (TPSA) is 3.88 Å². The van der Waals surface area contributed by atoms with Crippen LogP contribution in [0.5, 0.6) is 0 Å². The number of nitrogens with zero attached hydrogens (tertiary/aromatic N) is 1. The van der Waals surface area contributed by atoms with E-state index in [4.69, 9.17) is 1.37 Å². The Hall–Kier alpha value is -3.71. The lowest BCUT2D eigenvalue weighted by atomic mass is 9.83. The number of aryl methyl sites for hydroxylation is 2. The molecule has 1 fully saturated rings. The molecule has 6 rings (SSSR count). The summed E-state index contributed by atoms with van der Waals surface area (Å²) >= 11 is 0. The molecule has 1 aliphatic rings. The van der Waals surface area contributed by atoms with E-state index >= 15 is 0 Å². The molecule has 0 saturated heterocycles. The number of benzene rings is 4. The van der Waals surface area contributed by atoms with Crippen molar-refractivity contribution in [2.45, 2.75) is 64.7 Å². The fourth-order valence-electron chi connectivity index (χ4n) is 6.39. The number of fused-ring (bicyclic) bond motifs is 1. The van der Waals surface area contributed by atoms with Crippen molar-refractivity contribution in [1.82, 2.24) is 0 Å². The minimum atomic E-state index is -0.722. The van der Waals surface area contributed by atoms with Crippen molar-refractivity contribution in [3.63, 3.8) is 0 Å². The van der Waals surface area contributed by atoms with Crippen LogP contribution in [-0.4, -0.2) is 0 Å². The lowest BCUT2D eigenvalue weighted by Crippen LogP contribution is -2.32. The van der Waals surface area contributed by atoms with Crippen LogP contribution in [0.15, 0.2) is 97.2 Å². The molecule has 4 aromatic carbocycles. The molecule has 0 unspecified atom stereocenters. The minimum Gasteiger partial charge on any atom is -0.201 e. The summed E-state index contributed by atoms with van der Waals surface area (Å²) in [7, 11) is 2.09. The molecule has 1 aromatic heterocycles. The van der Waals surface area contributed by atoms with Gasteiger partial charge in [-0.2, -0.15) is 0 Å². The van der Waals surface area contributed by atoms with E-state index in [1.165, 1.54) is 70.7 Å². The Morgan fingerprint density at radius 3 is 2.05 bits per heavy atom. The second-order valence-corrected chi connectivity index (χ2v) is 11.6. The minimum absolute atomic E-state index is 0.722. The molecule has 0 atom stereocenters. The summed E-state index contributed by atoms with van der Waals surface area (Å²) in [6, 6.07) is 33.7. The summed E-state index contributed by atoms with van der Waals surface area (Å²) in [6.45, 7) is 6.12. The first-order valence-electron chi connectivity index (χ1n) is 15.0. The van der Waals surface area contributed by atoms with Crippen LogP contribution in [-0.2, 0) is 7.05 Å². The summed E-state index contributed by atoms with van der Waals surface area (Å²) in [4.78, 5) is 0.